The van der Waals surface area contributed by atoms with Crippen LogP contribution < -0.4 is 0 Å². The Hall–Kier alpha value is -7.59. The zero-order valence-corrected chi connectivity index (χ0v) is 40.2. The minimum atomic E-state index is -1.65. The van der Waals surface area contributed by atoms with Gasteiger partial charge in [0, 0.05) is 4.92 Å². The second kappa shape index (κ2) is 26.9. The van der Waals surface area contributed by atoms with Gasteiger partial charge in [0.2, 0.25) is 6.54 Å². The summed E-state index contributed by atoms with van der Waals surface area (Å²) in [5, 5.41) is 12.7. The Bertz CT molecular complexity index is 2730. The standard InChI is InChI=1S/C58H55NO15/c1-2-33-66-58-53(74-56(62)45-31-19-8-20-32-45)52(73-55(61)44-29-17-7-18-30-44)51(72-54(60)43-27-15-6-16-28-43)48(71-58)39-69-57-46(34-59(63)64)49(67-36-41-23-11-4-12-24-41)50(68-37-42-25-13-5-14-26-42)47(70-57)38-65-35-40-21-9-3-10-22-40/h1,3-32,46-53,57-58H,33-39H2/t46-,47-,48-,49-,50-,51-,52+,53-,57+,58+/m1/s1. The largest absolute Gasteiger partial charge is 0.452 e. The minimum absolute atomic E-state index is 0.0459. The lowest BCUT2D eigenvalue weighted by Gasteiger charge is -2.46. The molecule has 8 rings (SSSR count). The minimum Gasteiger partial charge on any atom is -0.452 e. The fourth-order valence-electron chi connectivity index (χ4n) is 8.61. The highest BCUT2D eigenvalue weighted by Crippen LogP contribution is 2.36. The first-order chi connectivity index (χ1) is 36.2. The number of ether oxygens (including phenoxy) is 10. The smallest absolute Gasteiger partial charge is 0.338 e. The molecule has 0 amide bonds. The van der Waals surface area contributed by atoms with Gasteiger partial charge in [0.15, 0.2) is 30.9 Å². The van der Waals surface area contributed by atoms with Crippen LogP contribution in [0.2, 0.25) is 0 Å². The van der Waals surface area contributed by atoms with Crippen LogP contribution in [-0.4, -0.2) is 105 Å². The van der Waals surface area contributed by atoms with E-state index in [2.05, 4.69) is 5.92 Å². The average molecular weight is 1010 g/mol. The van der Waals surface area contributed by atoms with Crippen molar-refractivity contribution in [2.75, 3.05) is 26.4 Å². The van der Waals surface area contributed by atoms with Gasteiger partial charge in [0.1, 0.15) is 36.9 Å². The van der Waals surface area contributed by atoms with Crippen molar-refractivity contribution in [2.45, 2.75) is 75.1 Å². The molecule has 0 radical (unpaired) electrons. The van der Waals surface area contributed by atoms with Crippen molar-refractivity contribution >= 4 is 17.9 Å². The molecule has 382 valence electrons. The van der Waals surface area contributed by atoms with Crippen molar-refractivity contribution < 1.29 is 66.7 Å². The summed E-state index contributed by atoms with van der Waals surface area (Å²) in [6, 6.07) is 52.4. The van der Waals surface area contributed by atoms with Crippen molar-refractivity contribution in [1.82, 2.24) is 0 Å². The molecular formula is C58H55NO15. The van der Waals surface area contributed by atoms with E-state index in [0.717, 1.165) is 16.7 Å². The molecule has 6 aromatic carbocycles. The van der Waals surface area contributed by atoms with Crippen molar-refractivity contribution in [1.29, 1.82) is 0 Å². The van der Waals surface area contributed by atoms with Crippen LogP contribution in [0.5, 0.6) is 0 Å². The first-order valence-electron chi connectivity index (χ1n) is 24.0. The second-order valence-corrected chi connectivity index (χ2v) is 17.3. The van der Waals surface area contributed by atoms with E-state index in [-0.39, 0.29) is 49.7 Å². The van der Waals surface area contributed by atoms with Crippen molar-refractivity contribution in [2.24, 2.45) is 5.92 Å². The molecule has 74 heavy (non-hydrogen) atoms. The summed E-state index contributed by atoms with van der Waals surface area (Å²) in [5.41, 5.74) is 2.92. The van der Waals surface area contributed by atoms with E-state index >= 15 is 0 Å². The SMILES string of the molecule is C#CCO[C@H]1O[C@H](CO[C@H]2O[C@H](COCc3ccccc3)[C@@H](OCc3ccccc3)[C@H](OCc3ccccc3)[C@H]2C[N+](=O)[O-])[C@@H](OC(=O)c2ccccc2)[C@H](OC(=O)c2ccccc2)[C@H]1OC(=O)c1ccccc1. The Kier molecular flexibility index (Phi) is 19.2. The van der Waals surface area contributed by atoms with Gasteiger partial charge in [-0.25, -0.2) is 14.4 Å². The number of esters is 3. The summed E-state index contributed by atoms with van der Waals surface area (Å²) in [4.78, 5) is 54.4. The van der Waals surface area contributed by atoms with Gasteiger partial charge < -0.3 is 47.4 Å². The number of carbonyl (C=O) groups is 3. The van der Waals surface area contributed by atoms with Gasteiger partial charge >= 0.3 is 17.9 Å². The number of hydrogen-bond donors (Lipinski definition) is 0. The van der Waals surface area contributed by atoms with Crippen LogP contribution in [0.4, 0.5) is 0 Å². The third-order valence-corrected chi connectivity index (χ3v) is 12.2. The summed E-state index contributed by atoms with van der Waals surface area (Å²) in [5.74, 6) is -1.33. The van der Waals surface area contributed by atoms with Crippen LogP contribution in [0.15, 0.2) is 182 Å². The van der Waals surface area contributed by atoms with Crippen LogP contribution in [0.25, 0.3) is 0 Å². The number of benzene rings is 6. The topological polar surface area (TPSA) is 187 Å². The highest BCUT2D eigenvalue weighted by atomic mass is 16.7. The van der Waals surface area contributed by atoms with Crippen LogP contribution in [0, 0.1) is 28.4 Å². The van der Waals surface area contributed by atoms with Gasteiger partial charge in [-0.05, 0) is 53.1 Å². The van der Waals surface area contributed by atoms with Gasteiger partial charge in [-0.1, -0.05) is 152 Å². The molecule has 16 nitrogen and oxygen atoms in total. The Balaban J connectivity index is 1.16. The van der Waals surface area contributed by atoms with E-state index in [1.165, 1.54) is 36.4 Å². The van der Waals surface area contributed by atoms with E-state index in [1.54, 1.807) is 54.6 Å². The number of carbonyl (C=O) groups excluding carboxylic acids is 3. The Labute approximate surface area is 428 Å². The van der Waals surface area contributed by atoms with Crippen LogP contribution in [-0.2, 0) is 67.2 Å². The second-order valence-electron chi connectivity index (χ2n) is 17.3. The molecule has 2 heterocycles. The highest BCUT2D eigenvalue weighted by molar-refractivity contribution is 5.91. The third-order valence-electron chi connectivity index (χ3n) is 12.2. The molecule has 0 saturated carbocycles. The predicted molar refractivity (Wildman–Crippen MR) is 266 cm³/mol. The summed E-state index contributed by atoms with van der Waals surface area (Å²) in [6.45, 7) is -1.31. The monoisotopic (exact) mass is 1010 g/mol. The number of nitro groups is 1. The molecule has 16 heteroatoms. The predicted octanol–water partition coefficient (Wildman–Crippen LogP) is 8.06. The summed E-state index contributed by atoms with van der Waals surface area (Å²) in [6.07, 6.45) is -6.52. The molecule has 2 saturated heterocycles. The van der Waals surface area contributed by atoms with E-state index < -0.39 is 97.2 Å². The van der Waals surface area contributed by atoms with E-state index in [4.69, 9.17) is 53.8 Å². The normalized spacial score (nSPS) is 23.4. The molecule has 0 aliphatic carbocycles. The molecule has 6 aromatic rings. The van der Waals surface area contributed by atoms with E-state index in [9.17, 15) is 24.5 Å². The number of terminal acetylenes is 1. The van der Waals surface area contributed by atoms with Crippen LogP contribution in [0.3, 0.4) is 0 Å². The van der Waals surface area contributed by atoms with Crippen molar-refractivity contribution in [3.8, 4) is 12.3 Å². The van der Waals surface area contributed by atoms with Crippen molar-refractivity contribution in [3.05, 3.63) is 225 Å². The average Bonchev–Trinajstić information content (AvgIpc) is 3.44. The first kappa shape index (κ1) is 52.7. The molecule has 0 aromatic heterocycles. The molecule has 2 aliphatic rings. The lowest BCUT2D eigenvalue weighted by Crippen LogP contribution is -2.64. The fraction of sp³-hybridized carbons (Fsp3) is 0.293. The maximum Gasteiger partial charge on any atom is 0.338 e. The molecule has 0 unspecified atom stereocenters. The van der Waals surface area contributed by atoms with Crippen LogP contribution >= 0.6 is 0 Å². The van der Waals surface area contributed by atoms with Crippen LogP contribution in [0.1, 0.15) is 47.8 Å². The molecule has 2 aliphatic heterocycles. The molecule has 0 bridgehead atoms. The molecule has 0 N–H and O–H groups in total. The molecular weight excluding hydrogens is 951 g/mol. The molecule has 2 fully saturated rings. The third kappa shape index (κ3) is 14.6. The zero-order valence-electron chi connectivity index (χ0n) is 40.2. The van der Waals surface area contributed by atoms with Gasteiger partial charge in [0.25, 0.3) is 0 Å². The Morgan fingerprint density at radius 3 is 1.35 bits per heavy atom. The number of hydrogen-bond acceptors (Lipinski definition) is 15. The van der Waals surface area contributed by atoms with Gasteiger partial charge in [-0.3, -0.25) is 10.1 Å². The van der Waals surface area contributed by atoms with Gasteiger partial charge in [0.05, 0.1) is 49.7 Å². The summed E-state index contributed by atoms with van der Waals surface area (Å²) in [7, 11) is 0. The zero-order chi connectivity index (χ0) is 51.5. The van der Waals surface area contributed by atoms with E-state index in [1.807, 2.05) is 91.0 Å². The summed E-state index contributed by atoms with van der Waals surface area (Å²) >= 11 is 0. The van der Waals surface area contributed by atoms with E-state index in [0.29, 0.717) is 0 Å². The lowest BCUT2D eigenvalue weighted by atomic mass is 9.90. The maximum atomic E-state index is 14.2. The quantitative estimate of drug-likeness (QED) is 0.0197. The van der Waals surface area contributed by atoms with Gasteiger partial charge in [-0.15, -0.1) is 6.42 Å². The Morgan fingerprint density at radius 2 is 0.878 bits per heavy atom. The maximum absolute atomic E-state index is 14.2. The highest BCUT2D eigenvalue weighted by Gasteiger charge is 2.55. The Morgan fingerprint density at radius 1 is 0.473 bits per heavy atom. The fourth-order valence-corrected chi connectivity index (χ4v) is 8.61. The van der Waals surface area contributed by atoms with Crippen molar-refractivity contribution in [3.63, 3.8) is 0 Å². The lowest BCUT2D eigenvalue weighted by molar-refractivity contribution is -0.503. The summed E-state index contributed by atoms with van der Waals surface area (Å²) < 4.78 is 64.0. The first-order valence-corrected chi connectivity index (χ1v) is 24.0. The number of rotatable bonds is 23. The van der Waals surface area contributed by atoms with Gasteiger partial charge in [-0.2, -0.15) is 0 Å². The molecule has 0 spiro atoms. The molecule has 10 atom stereocenters. The number of nitrogens with zero attached hydrogens (tertiary/aromatic N) is 1.